The Kier molecular flexibility index (Phi) is 5.24. The van der Waals surface area contributed by atoms with E-state index in [-0.39, 0.29) is 0 Å². The molecule has 4 rings (SSSR count). The Balaban J connectivity index is 1.59. The van der Waals surface area contributed by atoms with Crippen molar-refractivity contribution in [3.8, 4) is 29.3 Å². The highest BCUT2D eigenvalue weighted by molar-refractivity contribution is 14.1. The summed E-state index contributed by atoms with van der Waals surface area (Å²) in [5.41, 5.74) is 0. The molecule has 4 heterocycles. The molecule has 5 heteroatoms. The van der Waals surface area contributed by atoms with Crippen LogP contribution in [-0.4, -0.2) is 0 Å². The molecule has 24 heavy (non-hydrogen) atoms. The van der Waals surface area contributed by atoms with Crippen LogP contribution in [0.1, 0.15) is 18.2 Å². The van der Waals surface area contributed by atoms with E-state index in [4.69, 9.17) is 0 Å². The van der Waals surface area contributed by atoms with Crippen molar-refractivity contribution in [2.45, 2.75) is 19.8 Å². The van der Waals surface area contributed by atoms with Gasteiger partial charge in [0.1, 0.15) is 0 Å². The van der Waals surface area contributed by atoms with Gasteiger partial charge < -0.3 is 0 Å². The zero-order valence-electron chi connectivity index (χ0n) is 13.0. The van der Waals surface area contributed by atoms with Gasteiger partial charge in [-0.2, -0.15) is 0 Å². The number of hydrogen-bond donors (Lipinski definition) is 0. The van der Waals surface area contributed by atoms with Crippen LogP contribution in [0.2, 0.25) is 0 Å². The molecule has 0 aromatic carbocycles. The molecule has 0 aliphatic heterocycles. The highest BCUT2D eigenvalue weighted by Crippen LogP contribution is 2.43. The maximum Gasteiger partial charge on any atom is 0.0660 e. The molecule has 4 aromatic heterocycles. The molecule has 4 aromatic rings. The summed E-state index contributed by atoms with van der Waals surface area (Å²) in [6.07, 6.45) is 2.41. The van der Waals surface area contributed by atoms with Crippen LogP contribution in [0.3, 0.4) is 0 Å². The summed E-state index contributed by atoms with van der Waals surface area (Å²) in [4.78, 5) is 9.77. The summed E-state index contributed by atoms with van der Waals surface area (Å²) in [6, 6.07) is 18.0. The highest BCUT2D eigenvalue weighted by Gasteiger charge is 2.11. The van der Waals surface area contributed by atoms with E-state index in [9.17, 15) is 0 Å². The third-order valence-corrected chi connectivity index (χ3v) is 9.47. The Hall–Kier alpha value is -0.470. The highest BCUT2D eigenvalue weighted by atomic mass is 127. The van der Waals surface area contributed by atoms with E-state index >= 15 is 0 Å². The molecule has 0 aliphatic rings. The van der Waals surface area contributed by atoms with Crippen LogP contribution < -0.4 is 0 Å². The summed E-state index contributed by atoms with van der Waals surface area (Å²) >= 11 is 9.99. The molecule has 0 saturated carbocycles. The molecule has 122 valence electrons. The van der Waals surface area contributed by atoms with Gasteiger partial charge in [0.05, 0.1) is 2.88 Å². The molecule has 0 fully saturated rings. The van der Waals surface area contributed by atoms with Crippen LogP contribution >= 0.6 is 67.9 Å². The Morgan fingerprint density at radius 1 is 0.625 bits per heavy atom. The SMILES string of the molecule is CCCc1ccc(-c2ccc(-c3ccc(-c4ccc(I)s4)s3)s2)s1. The average Bonchev–Trinajstić information content (AvgIpc) is 3.34. The lowest BCUT2D eigenvalue weighted by Gasteiger charge is -1.92. The Morgan fingerprint density at radius 3 is 1.58 bits per heavy atom. The summed E-state index contributed by atoms with van der Waals surface area (Å²) in [5.74, 6) is 0. The lowest BCUT2D eigenvalue weighted by atomic mass is 10.3. The van der Waals surface area contributed by atoms with E-state index in [0.717, 1.165) is 0 Å². The molecule has 0 saturated heterocycles. The number of halogens is 1. The topological polar surface area (TPSA) is 0 Å². The second kappa shape index (κ2) is 7.41. The first-order valence-corrected chi connectivity index (χ1v) is 12.1. The summed E-state index contributed by atoms with van der Waals surface area (Å²) in [7, 11) is 0. The molecule has 0 spiro atoms. The van der Waals surface area contributed by atoms with E-state index < -0.39 is 0 Å². The summed E-state index contributed by atoms with van der Waals surface area (Å²) in [6.45, 7) is 2.24. The molecule has 0 aliphatic carbocycles. The fraction of sp³-hybridized carbons (Fsp3) is 0.158. The molecular formula is C19H15IS4. The molecule has 0 N–H and O–H groups in total. The van der Waals surface area contributed by atoms with Crippen LogP contribution in [0.5, 0.6) is 0 Å². The molecule has 0 radical (unpaired) electrons. The first-order valence-electron chi connectivity index (χ1n) is 7.78. The fourth-order valence-corrected chi connectivity index (χ4v) is 7.56. The van der Waals surface area contributed by atoms with Crippen LogP contribution in [0.15, 0.2) is 48.5 Å². The van der Waals surface area contributed by atoms with Gasteiger partial charge in [-0.1, -0.05) is 13.3 Å². The van der Waals surface area contributed by atoms with E-state index in [1.807, 2.05) is 45.3 Å². The van der Waals surface area contributed by atoms with Gasteiger partial charge in [0.15, 0.2) is 0 Å². The van der Waals surface area contributed by atoms with Gasteiger partial charge in [-0.15, -0.1) is 45.3 Å². The van der Waals surface area contributed by atoms with Gasteiger partial charge >= 0.3 is 0 Å². The Bertz CT molecular complexity index is 954. The van der Waals surface area contributed by atoms with E-state index in [2.05, 4.69) is 78.0 Å². The van der Waals surface area contributed by atoms with Crippen molar-refractivity contribution in [1.82, 2.24) is 0 Å². The van der Waals surface area contributed by atoms with Gasteiger partial charge in [0.2, 0.25) is 0 Å². The number of thiophene rings is 4. The average molecular weight is 499 g/mol. The quantitative estimate of drug-likeness (QED) is 0.242. The third kappa shape index (κ3) is 3.55. The minimum absolute atomic E-state index is 1.19. The second-order valence-electron chi connectivity index (χ2n) is 5.45. The number of aryl methyl sites for hydroxylation is 1. The second-order valence-corrected chi connectivity index (χ2v) is 11.8. The van der Waals surface area contributed by atoms with Crippen LogP contribution in [0, 0.1) is 2.88 Å². The van der Waals surface area contributed by atoms with Gasteiger partial charge in [0, 0.05) is 34.1 Å². The first-order chi connectivity index (χ1) is 11.7. The molecule has 0 amide bonds. The van der Waals surface area contributed by atoms with Crippen molar-refractivity contribution in [3.63, 3.8) is 0 Å². The Morgan fingerprint density at radius 2 is 1.08 bits per heavy atom. The fourth-order valence-electron chi connectivity index (χ4n) is 2.54. The molecule has 0 atom stereocenters. The lowest BCUT2D eigenvalue weighted by Crippen LogP contribution is -1.71. The van der Waals surface area contributed by atoms with Crippen molar-refractivity contribution in [2.24, 2.45) is 0 Å². The standard InChI is InChI=1S/C19H15IS4/c1-2-3-12-4-5-13(21-12)14-6-7-15(22-14)16-8-9-17(23-16)18-10-11-19(20)24-18/h4-11H,2-3H2,1H3. The molecule has 0 unspecified atom stereocenters. The van der Waals surface area contributed by atoms with Crippen LogP contribution in [0.25, 0.3) is 29.3 Å². The lowest BCUT2D eigenvalue weighted by molar-refractivity contribution is 0.940. The van der Waals surface area contributed by atoms with Crippen LogP contribution in [0.4, 0.5) is 0 Å². The largest absolute Gasteiger partial charge is 0.139 e. The Labute approximate surface area is 172 Å². The van der Waals surface area contributed by atoms with Crippen molar-refractivity contribution < 1.29 is 0 Å². The van der Waals surface area contributed by atoms with E-state index in [1.165, 1.54) is 49.9 Å². The minimum Gasteiger partial charge on any atom is -0.139 e. The first kappa shape index (κ1) is 17.0. The summed E-state index contributed by atoms with van der Waals surface area (Å²) < 4.78 is 1.34. The van der Waals surface area contributed by atoms with Crippen molar-refractivity contribution in [2.75, 3.05) is 0 Å². The predicted octanol–water partition coefficient (Wildman–Crippen LogP) is 8.49. The van der Waals surface area contributed by atoms with Crippen molar-refractivity contribution in [3.05, 3.63) is 56.3 Å². The molecular weight excluding hydrogens is 483 g/mol. The third-order valence-electron chi connectivity index (χ3n) is 3.67. The summed E-state index contributed by atoms with van der Waals surface area (Å²) in [5, 5.41) is 0. The zero-order valence-corrected chi connectivity index (χ0v) is 18.5. The van der Waals surface area contributed by atoms with Crippen molar-refractivity contribution in [1.29, 1.82) is 0 Å². The number of rotatable bonds is 5. The number of hydrogen-bond acceptors (Lipinski definition) is 4. The minimum atomic E-state index is 1.19. The zero-order chi connectivity index (χ0) is 16.5. The normalized spacial score (nSPS) is 11.2. The maximum atomic E-state index is 2.39. The monoisotopic (exact) mass is 498 g/mol. The van der Waals surface area contributed by atoms with Gasteiger partial charge in [0.25, 0.3) is 0 Å². The molecule has 0 nitrogen and oxygen atoms in total. The molecule has 0 bridgehead atoms. The smallest absolute Gasteiger partial charge is 0.0660 e. The van der Waals surface area contributed by atoms with Gasteiger partial charge in [-0.25, -0.2) is 0 Å². The van der Waals surface area contributed by atoms with Crippen LogP contribution in [-0.2, 0) is 6.42 Å². The van der Waals surface area contributed by atoms with E-state index in [0.29, 0.717) is 0 Å². The predicted molar refractivity (Wildman–Crippen MR) is 121 cm³/mol. The van der Waals surface area contributed by atoms with Crippen molar-refractivity contribution >= 4 is 67.9 Å². The van der Waals surface area contributed by atoms with Gasteiger partial charge in [-0.05, 0) is 77.5 Å². The van der Waals surface area contributed by atoms with Gasteiger partial charge in [-0.3, -0.25) is 0 Å². The van der Waals surface area contributed by atoms with E-state index in [1.54, 1.807) is 0 Å². The maximum absolute atomic E-state index is 2.39.